The predicted molar refractivity (Wildman–Crippen MR) is 251 cm³/mol. The molecule has 0 N–H and O–H groups in total. The number of aldehydes is 1. The fourth-order valence-electron chi connectivity index (χ4n) is 6.33. The second-order valence-corrected chi connectivity index (χ2v) is 37.2. The molecule has 1 aromatic rings. The van der Waals surface area contributed by atoms with Crippen LogP contribution in [0.25, 0.3) is 6.08 Å². The summed E-state index contributed by atoms with van der Waals surface area (Å²) in [6.45, 7) is 48.9. The van der Waals surface area contributed by atoms with Gasteiger partial charge < -0.3 is 18.1 Å². The van der Waals surface area contributed by atoms with Crippen molar-refractivity contribution in [2.24, 2.45) is 17.3 Å². The highest BCUT2D eigenvalue weighted by Crippen LogP contribution is 2.45. The van der Waals surface area contributed by atoms with Crippen LogP contribution in [-0.2, 0) is 22.9 Å². The minimum Gasteiger partial charge on any atom is -0.413 e. The molecule has 0 fully saturated rings. The Morgan fingerprint density at radius 3 is 1.77 bits per heavy atom. The lowest BCUT2D eigenvalue weighted by Gasteiger charge is -2.47. The van der Waals surface area contributed by atoms with Crippen molar-refractivity contribution in [2.45, 2.75) is 222 Å². The van der Waals surface area contributed by atoms with Gasteiger partial charge in [-0.1, -0.05) is 102 Å². The summed E-state index contributed by atoms with van der Waals surface area (Å²) >= 11 is 1.68. The van der Waals surface area contributed by atoms with Gasteiger partial charge in [-0.25, -0.2) is 4.98 Å². The lowest BCUT2D eigenvalue weighted by Crippen LogP contribution is -2.54. The van der Waals surface area contributed by atoms with Crippen molar-refractivity contribution in [2.75, 3.05) is 0 Å². The lowest BCUT2D eigenvalue weighted by molar-refractivity contribution is -0.142. The summed E-state index contributed by atoms with van der Waals surface area (Å²) in [5.74, 6) is 0.0301. The minimum absolute atomic E-state index is 0.000564. The number of rotatable bonds is 22. The van der Waals surface area contributed by atoms with E-state index in [1.807, 2.05) is 20.8 Å². The third-order valence-electron chi connectivity index (χ3n) is 13.6. The number of carbonyl (C=O) groups excluding carboxylic acids is 2. The van der Waals surface area contributed by atoms with Gasteiger partial charge >= 0.3 is 0 Å². The predicted octanol–water partition coefficient (Wildman–Crippen LogP) is 14.4. The van der Waals surface area contributed by atoms with Crippen molar-refractivity contribution in [1.29, 1.82) is 0 Å². The molecule has 56 heavy (non-hydrogen) atoms. The van der Waals surface area contributed by atoms with E-state index in [1.165, 1.54) is 11.1 Å². The molecule has 6 nitrogen and oxygen atoms in total. The number of allylic oxidation sites excluding steroid dienone is 1. The summed E-state index contributed by atoms with van der Waals surface area (Å²) in [6.07, 6.45) is 9.48. The van der Waals surface area contributed by atoms with Gasteiger partial charge in [-0.2, -0.15) is 0 Å². The topological polar surface area (TPSA) is 74.7 Å². The van der Waals surface area contributed by atoms with Gasteiger partial charge in [0.2, 0.25) is 0 Å². The summed E-state index contributed by atoms with van der Waals surface area (Å²) in [7, 11) is -6.52. The Morgan fingerprint density at radius 2 is 1.32 bits per heavy atom. The van der Waals surface area contributed by atoms with E-state index in [1.54, 1.807) is 11.3 Å². The molecule has 0 aliphatic carbocycles. The molecular formula is C46H87NO5SSi3. The van der Waals surface area contributed by atoms with Gasteiger partial charge in [0.1, 0.15) is 12.1 Å². The van der Waals surface area contributed by atoms with Gasteiger partial charge in [0.15, 0.2) is 25.0 Å². The molecule has 10 heteroatoms. The molecule has 324 valence electrons. The van der Waals surface area contributed by atoms with Gasteiger partial charge in [-0.05, 0) is 125 Å². The number of nitrogens with zero attached hydrogens (tertiary/aromatic N) is 1. The maximum Gasteiger partial charge on any atom is 0.192 e. The number of carbonyl (C=O) groups is 2. The second-order valence-electron chi connectivity index (χ2n) is 21.9. The first-order chi connectivity index (χ1) is 25.1. The molecule has 1 heterocycles. The zero-order valence-electron chi connectivity index (χ0n) is 40.3. The number of hydrogen-bond donors (Lipinski definition) is 0. The van der Waals surface area contributed by atoms with E-state index in [2.05, 4.69) is 147 Å². The van der Waals surface area contributed by atoms with Crippen LogP contribution in [-0.4, -0.2) is 60.3 Å². The summed E-state index contributed by atoms with van der Waals surface area (Å²) in [6, 6.07) is 0. The largest absolute Gasteiger partial charge is 0.413 e. The molecule has 0 spiro atoms. The first-order valence-corrected chi connectivity index (χ1v) is 31.0. The summed E-state index contributed by atoms with van der Waals surface area (Å²) in [5.41, 5.74) is 2.74. The fraction of sp³-hybridized carbons (Fsp3) is 0.804. The van der Waals surface area contributed by atoms with Crippen molar-refractivity contribution >= 4 is 54.4 Å². The molecule has 0 bridgehead atoms. The average Bonchev–Trinajstić information content (AvgIpc) is 3.44. The number of thiazole rings is 1. The molecule has 0 aliphatic heterocycles. The van der Waals surface area contributed by atoms with Gasteiger partial charge in [0.25, 0.3) is 0 Å². The third-order valence-corrected chi connectivity index (χ3v) is 27.9. The molecule has 1 rings (SSSR count). The summed E-state index contributed by atoms with van der Waals surface area (Å²) in [4.78, 5) is 31.7. The normalized spacial score (nSPS) is 17.4. The number of Topliss-reactive ketones (excluding diaryl/α,β-unsaturated/α-hetero) is 1. The quantitative estimate of drug-likeness (QED) is 0.0657. The van der Waals surface area contributed by atoms with Crippen molar-refractivity contribution < 1.29 is 22.9 Å². The van der Waals surface area contributed by atoms with Gasteiger partial charge in [0, 0.05) is 23.1 Å². The van der Waals surface area contributed by atoms with E-state index < -0.39 is 36.5 Å². The maximum atomic E-state index is 14.9. The van der Waals surface area contributed by atoms with Crippen LogP contribution in [0.5, 0.6) is 0 Å². The summed E-state index contributed by atoms with van der Waals surface area (Å²) in [5, 5.41) is 3.27. The molecule has 1 aromatic heterocycles. The molecular weight excluding hydrogens is 763 g/mol. The van der Waals surface area contributed by atoms with Crippen LogP contribution >= 0.6 is 11.3 Å². The monoisotopic (exact) mass is 850 g/mol. The highest BCUT2D eigenvalue weighted by Gasteiger charge is 2.50. The molecule has 0 radical (unpaired) electrons. The Labute approximate surface area is 353 Å². The van der Waals surface area contributed by atoms with Crippen molar-refractivity contribution in [1.82, 2.24) is 4.98 Å². The van der Waals surface area contributed by atoms with Crippen LogP contribution in [0.3, 0.4) is 0 Å². The average molecular weight is 851 g/mol. The van der Waals surface area contributed by atoms with E-state index >= 15 is 0 Å². The molecule has 0 aliphatic rings. The Bertz CT molecular complexity index is 1470. The minimum atomic E-state index is -2.26. The first kappa shape index (κ1) is 53.0. The second kappa shape index (κ2) is 20.5. The number of hydrogen-bond acceptors (Lipinski definition) is 7. The van der Waals surface area contributed by atoms with Crippen LogP contribution in [0.2, 0.25) is 54.4 Å². The number of aryl methyl sites for hydroxylation is 1. The Hall–Kier alpha value is -1.02. The zero-order valence-corrected chi connectivity index (χ0v) is 44.2. The highest BCUT2D eigenvalue weighted by molar-refractivity contribution is 7.09. The zero-order chi connectivity index (χ0) is 43.9. The molecule has 0 saturated heterocycles. The van der Waals surface area contributed by atoms with Gasteiger partial charge in [0.05, 0.1) is 29.0 Å². The Kier molecular flexibility index (Phi) is 19.4. The van der Waals surface area contributed by atoms with Gasteiger partial charge in [-0.15, -0.1) is 11.3 Å². The van der Waals surface area contributed by atoms with Crippen molar-refractivity contribution in [3.8, 4) is 0 Å². The van der Waals surface area contributed by atoms with Crippen LogP contribution in [0.15, 0.2) is 22.6 Å². The smallest absolute Gasteiger partial charge is 0.192 e. The summed E-state index contributed by atoms with van der Waals surface area (Å²) < 4.78 is 21.2. The maximum absolute atomic E-state index is 14.9. The van der Waals surface area contributed by atoms with Crippen LogP contribution in [0, 0.1) is 24.2 Å². The van der Waals surface area contributed by atoms with Gasteiger partial charge in [-0.3, -0.25) is 4.79 Å². The van der Waals surface area contributed by atoms with E-state index in [-0.39, 0.29) is 51.4 Å². The van der Waals surface area contributed by atoms with Crippen LogP contribution in [0.4, 0.5) is 0 Å². The molecule has 4 unspecified atom stereocenters. The highest BCUT2D eigenvalue weighted by atomic mass is 32.1. The Morgan fingerprint density at radius 1 is 0.821 bits per heavy atom. The van der Waals surface area contributed by atoms with E-state index in [4.69, 9.17) is 18.3 Å². The molecule has 5 atom stereocenters. The number of ketones is 1. The third kappa shape index (κ3) is 14.9. The molecule has 0 aromatic carbocycles. The fourth-order valence-corrected chi connectivity index (χ4v) is 11.1. The van der Waals surface area contributed by atoms with Crippen molar-refractivity contribution in [3.05, 3.63) is 33.3 Å². The number of aromatic nitrogens is 1. The van der Waals surface area contributed by atoms with E-state index in [9.17, 15) is 9.59 Å². The Balaban J connectivity index is 3.40. The van der Waals surface area contributed by atoms with E-state index in [0.29, 0.717) is 6.42 Å². The van der Waals surface area contributed by atoms with Crippen LogP contribution < -0.4 is 0 Å². The first-order valence-electron chi connectivity index (χ1n) is 21.4. The SMILES string of the molecule is CCC(C(=O)C(C)(C)C(CC=O)O[Si](C)(C)C(C)(C)C)C(O[Si](C)(C)C(C)(C)C)C(C)CCCC(C)=CC[C@H](O[Si](C)(C)C(C)(C)C)C(C)=Cc1csc(C)n1. The lowest BCUT2D eigenvalue weighted by atomic mass is 9.71. The van der Waals surface area contributed by atoms with E-state index in [0.717, 1.165) is 42.7 Å². The van der Waals surface area contributed by atoms with Crippen LogP contribution in [0.1, 0.15) is 153 Å². The molecule has 0 saturated carbocycles. The van der Waals surface area contributed by atoms with Crippen molar-refractivity contribution in [3.63, 3.8) is 0 Å². The standard InChI is InChI=1S/C46H87NO5SSi3/c1-23-38(42(49)46(15,16)40(29-30-48)51-55(19,20)44(9,10)11)41(52-56(21,22)45(12,13)14)34(3)26-24-25-33(2)27-28-39(50-54(17,18)43(6,7)8)35(4)31-37-32-53-36(5)47-37/h27,30-32,34,38-41H,23-26,28-29H2,1-22H3/t34?,38?,39-,40?,41?/m0/s1. The molecule has 0 amide bonds.